The first-order valence-electron chi connectivity index (χ1n) is 6.20. The van der Waals surface area contributed by atoms with Crippen LogP contribution in [-0.2, 0) is 4.74 Å². The molecule has 4 nitrogen and oxygen atoms in total. The average molecular weight is 249 g/mol. The van der Waals surface area contributed by atoms with Crippen LogP contribution in [0.2, 0.25) is 0 Å². The van der Waals surface area contributed by atoms with Crippen LogP contribution in [0.3, 0.4) is 0 Å². The Morgan fingerprint density at radius 1 is 1.50 bits per heavy atom. The van der Waals surface area contributed by atoms with Crippen LogP contribution in [0.25, 0.3) is 0 Å². The van der Waals surface area contributed by atoms with Crippen molar-refractivity contribution in [1.82, 2.24) is 5.32 Å². The fourth-order valence-electron chi connectivity index (χ4n) is 2.04. The van der Waals surface area contributed by atoms with E-state index in [1.54, 1.807) is 12.1 Å². The topological polar surface area (TPSA) is 58.6 Å². The molecule has 1 aromatic rings. The van der Waals surface area contributed by atoms with E-state index in [4.69, 9.17) is 4.74 Å². The Labute approximate surface area is 107 Å². The molecule has 0 aliphatic carbocycles. The number of ether oxygens (including phenoxy) is 1. The van der Waals surface area contributed by atoms with E-state index < -0.39 is 5.60 Å². The lowest BCUT2D eigenvalue weighted by atomic mass is 9.96. The Kier molecular flexibility index (Phi) is 3.68. The molecule has 4 heteroatoms. The van der Waals surface area contributed by atoms with Gasteiger partial charge in [0.1, 0.15) is 5.60 Å². The Bertz CT molecular complexity index is 429. The van der Waals surface area contributed by atoms with Crippen LogP contribution in [0.5, 0.6) is 0 Å². The lowest BCUT2D eigenvalue weighted by molar-refractivity contribution is -0.0251. The summed E-state index contributed by atoms with van der Waals surface area (Å²) in [5.41, 5.74) is 0.777. The minimum Gasteiger partial charge on any atom is -0.385 e. The average Bonchev–Trinajstić information content (AvgIpc) is 2.68. The standard InChI is InChI=1S/C14H19NO3/c1-10-3-5-12(6-4-10)13(16)15-9-14(17)7-8-18-11(14)2/h3-6,11,17H,7-9H2,1-2H3,(H,15,16). The predicted octanol–water partition coefficient (Wildman–Crippen LogP) is 1.26. The molecule has 0 radical (unpaired) electrons. The van der Waals surface area contributed by atoms with Crippen molar-refractivity contribution in [3.63, 3.8) is 0 Å². The van der Waals surface area contributed by atoms with Gasteiger partial charge in [-0.15, -0.1) is 0 Å². The number of hydrogen-bond acceptors (Lipinski definition) is 3. The summed E-state index contributed by atoms with van der Waals surface area (Å²) in [6.07, 6.45) is 0.318. The summed E-state index contributed by atoms with van der Waals surface area (Å²) < 4.78 is 5.32. The van der Waals surface area contributed by atoms with Gasteiger partial charge >= 0.3 is 0 Å². The largest absolute Gasteiger partial charge is 0.385 e. The first-order valence-corrected chi connectivity index (χ1v) is 6.20. The van der Waals surface area contributed by atoms with Gasteiger partial charge in [-0.1, -0.05) is 17.7 Å². The molecule has 0 bridgehead atoms. The number of hydrogen-bond donors (Lipinski definition) is 2. The summed E-state index contributed by atoms with van der Waals surface area (Å²) >= 11 is 0. The van der Waals surface area contributed by atoms with Gasteiger partial charge in [0, 0.05) is 25.1 Å². The number of nitrogens with one attached hydrogen (secondary N) is 1. The maximum atomic E-state index is 11.9. The van der Waals surface area contributed by atoms with Gasteiger partial charge in [-0.2, -0.15) is 0 Å². The van der Waals surface area contributed by atoms with Crippen molar-refractivity contribution in [2.45, 2.75) is 32.0 Å². The van der Waals surface area contributed by atoms with E-state index in [0.717, 1.165) is 5.56 Å². The smallest absolute Gasteiger partial charge is 0.251 e. The highest BCUT2D eigenvalue weighted by molar-refractivity contribution is 5.94. The second-order valence-electron chi connectivity index (χ2n) is 4.92. The van der Waals surface area contributed by atoms with Crippen LogP contribution in [0.1, 0.15) is 29.3 Å². The van der Waals surface area contributed by atoms with E-state index in [-0.39, 0.29) is 18.6 Å². The summed E-state index contributed by atoms with van der Waals surface area (Å²) in [4.78, 5) is 11.9. The minimum atomic E-state index is -0.944. The third-order valence-electron chi connectivity index (χ3n) is 3.53. The second-order valence-corrected chi connectivity index (χ2v) is 4.92. The predicted molar refractivity (Wildman–Crippen MR) is 68.5 cm³/mol. The minimum absolute atomic E-state index is 0.164. The zero-order chi connectivity index (χ0) is 13.2. The highest BCUT2D eigenvalue weighted by Crippen LogP contribution is 2.24. The van der Waals surface area contributed by atoms with Crippen molar-refractivity contribution in [1.29, 1.82) is 0 Å². The molecule has 2 N–H and O–H groups in total. The molecule has 0 aromatic heterocycles. The van der Waals surface area contributed by atoms with Crippen molar-refractivity contribution >= 4 is 5.91 Å². The first kappa shape index (κ1) is 13.1. The summed E-state index contributed by atoms with van der Waals surface area (Å²) in [5, 5.41) is 13.0. The normalized spacial score (nSPS) is 27.2. The molecule has 2 unspecified atom stereocenters. The Hall–Kier alpha value is -1.39. The van der Waals surface area contributed by atoms with Crippen molar-refractivity contribution in [2.24, 2.45) is 0 Å². The molecule has 1 aliphatic rings. The summed E-state index contributed by atoms with van der Waals surface area (Å²) in [7, 11) is 0. The van der Waals surface area contributed by atoms with E-state index in [1.807, 2.05) is 26.0 Å². The molecule has 98 valence electrons. The third kappa shape index (κ3) is 2.71. The fraction of sp³-hybridized carbons (Fsp3) is 0.500. The molecule has 1 aromatic carbocycles. The first-order chi connectivity index (χ1) is 8.51. The van der Waals surface area contributed by atoms with Crippen LogP contribution in [0.4, 0.5) is 0 Å². The molecule has 2 atom stereocenters. The van der Waals surface area contributed by atoms with E-state index in [2.05, 4.69) is 5.32 Å². The molecular weight excluding hydrogens is 230 g/mol. The second kappa shape index (κ2) is 5.08. The van der Waals surface area contributed by atoms with E-state index in [0.29, 0.717) is 18.6 Å². The highest BCUT2D eigenvalue weighted by Gasteiger charge is 2.39. The molecule has 0 saturated carbocycles. The Morgan fingerprint density at radius 2 is 2.17 bits per heavy atom. The molecule has 2 rings (SSSR count). The highest BCUT2D eigenvalue weighted by atomic mass is 16.5. The quantitative estimate of drug-likeness (QED) is 0.848. The van der Waals surface area contributed by atoms with E-state index >= 15 is 0 Å². The monoisotopic (exact) mass is 249 g/mol. The number of carbonyl (C=O) groups excluding carboxylic acids is 1. The number of carbonyl (C=O) groups is 1. The van der Waals surface area contributed by atoms with Crippen LogP contribution >= 0.6 is 0 Å². The van der Waals surface area contributed by atoms with Gasteiger partial charge in [0.05, 0.1) is 6.10 Å². The fourth-order valence-corrected chi connectivity index (χ4v) is 2.04. The molecule has 1 heterocycles. The molecule has 0 spiro atoms. The number of benzene rings is 1. The van der Waals surface area contributed by atoms with E-state index in [1.165, 1.54) is 0 Å². The molecule has 18 heavy (non-hydrogen) atoms. The molecule has 1 amide bonds. The number of amides is 1. The van der Waals surface area contributed by atoms with Crippen molar-refractivity contribution < 1.29 is 14.6 Å². The number of aliphatic hydroxyl groups is 1. The lowest BCUT2D eigenvalue weighted by Crippen LogP contribution is -2.47. The molecule has 1 saturated heterocycles. The third-order valence-corrected chi connectivity index (χ3v) is 3.53. The maximum Gasteiger partial charge on any atom is 0.251 e. The van der Waals surface area contributed by atoms with Gasteiger partial charge in [-0.25, -0.2) is 0 Å². The van der Waals surface area contributed by atoms with Crippen LogP contribution in [0.15, 0.2) is 24.3 Å². The maximum absolute atomic E-state index is 11.9. The van der Waals surface area contributed by atoms with Crippen molar-refractivity contribution in [3.8, 4) is 0 Å². The van der Waals surface area contributed by atoms with Gasteiger partial charge in [0.2, 0.25) is 0 Å². The van der Waals surface area contributed by atoms with Crippen LogP contribution < -0.4 is 5.32 Å². The van der Waals surface area contributed by atoms with Gasteiger partial charge < -0.3 is 15.2 Å². The lowest BCUT2D eigenvalue weighted by Gasteiger charge is -2.26. The number of rotatable bonds is 3. The van der Waals surface area contributed by atoms with Gasteiger partial charge in [0.15, 0.2) is 0 Å². The molecular formula is C14H19NO3. The summed E-state index contributed by atoms with van der Waals surface area (Å²) in [6, 6.07) is 7.35. The van der Waals surface area contributed by atoms with Gasteiger partial charge in [0.25, 0.3) is 5.91 Å². The van der Waals surface area contributed by atoms with E-state index in [9.17, 15) is 9.90 Å². The van der Waals surface area contributed by atoms with Gasteiger partial charge in [-0.05, 0) is 26.0 Å². The van der Waals surface area contributed by atoms with Crippen LogP contribution in [0, 0.1) is 6.92 Å². The Morgan fingerprint density at radius 3 is 2.72 bits per heavy atom. The van der Waals surface area contributed by atoms with Crippen molar-refractivity contribution in [3.05, 3.63) is 35.4 Å². The van der Waals surface area contributed by atoms with Crippen molar-refractivity contribution in [2.75, 3.05) is 13.2 Å². The molecule has 1 fully saturated rings. The SMILES string of the molecule is Cc1ccc(C(=O)NCC2(O)CCOC2C)cc1. The van der Waals surface area contributed by atoms with Gasteiger partial charge in [-0.3, -0.25) is 4.79 Å². The zero-order valence-corrected chi connectivity index (χ0v) is 10.8. The number of aryl methyl sites for hydroxylation is 1. The zero-order valence-electron chi connectivity index (χ0n) is 10.8. The molecule has 1 aliphatic heterocycles. The summed E-state index contributed by atoms with van der Waals surface area (Å²) in [5.74, 6) is -0.164. The van der Waals surface area contributed by atoms with Crippen LogP contribution in [-0.4, -0.2) is 35.9 Å². The Balaban J connectivity index is 1.94. The summed E-state index contributed by atoms with van der Waals surface area (Å²) in [6.45, 7) is 4.56.